The second-order valence-electron chi connectivity index (χ2n) is 4.66. The molecule has 1 heterocycles. The van der Waals surface area contributed by atoms with Crippen molar-refractivity contribution in [2.24, 2.45) is 0 Å². The predicted molar refractivity (Wildman–Crippen MR) is 71.3 cm³/mol. The minimum Gasteiger partial charge on any atom is -0.392 e. The van der Waals surface area contributed by atoms with Gasteiger partial charge in [-0.2, -0.15) is 0 Å². The van der Waals surface area contributed by atoms with Crippen molar-refractivity contribution in [1.82, 2.24) is 9.88 Å². The van der Waals surface area contributed by atoms with E-state index in [0.29, 0.717) is 6.54 Å². The Kier molecular flexibility index (Phi) is 5.74. The summed E-state index contributed by atoms with van der Waals surface area (Å²) in [6.07, 6.45) is 2.82. The summed E-state index contributed by atoms with van der Waals surface area (Å²) in [7, 11) is 0. The number of nitrogens with zero attached hydrogens (tertiary/aromatic N) is 2. The van der Waals surface area contributed by atoms with Gasteiger partial charge in [-0.25, -0.2) is 0 Å². The Morgan fingerprint density at radius 2 is 2.00 bits per heavy atom. The van der Waals surface area contributed by atoms with Crippen LogP contribution in [-0.4, -0.2) is 46.1 Å². The second kappa shape index (κ2) is 7.08. The molecule has 0 bridgehead atoms. The molecule has 1 rings (SSSR count). The van der Waals surface area contributed by atoms with Gasteiger partial charge in [-0.1, -0.05) is 0 Å². The maximum Gasteiger partial charge on any atom is 0.238 e. The van der Waals surface area contributed by atoms with Gasteiger partial charge in [0.05, 0.1) is 12.6 Å². The Morgan fingerprint density at radius 1 is 1.39 bits per heavy atom. The van der Waals surface area contributed by atoms with E-state index in [1.807, 2.05) is 18.7 Å². The molecule has 0 radical (unpaired) electrons. The van der Waals surface area contributed by atoms with Crippen molar-refractivity contribution < 1.29 is 9.90 Å². The van der Waals surface area contributed by atoms with Crippen molar-refractivity contribution in [2.75, 3.05) is 18.4 Å². The van der Waals surface area contributed by atoms with Crippen molar-refractivity contribution in [3.8, 4) is 0 Å². The Hall–Kier alpha value is -1.46. The van der Waals surface area contributed by atoms with E-state index in [2.05, 4.69) is 10.3 Å². The lowest BCUT2D eigenvalue weighted by Crippen LogP contribution is -2.41. The van der Waals surface area contributed by atoms with Gasteiger partial charge in [0.1, 0.15) is 0 Å². The van der Waals surface area contributed by atoms with Crippen LogP contribution in [-0.2, 0) is 4.79 Å². The maximum atomic E-state index is 11.9. The highest BCUT2D eigenvalue weighted by atomic mass is 16.3. The van der Waals surface area contributed by atoms with E-state index in [9.17, 15) is 9.90 Å². The minimum atomic E-state index is -0.443. The van der Waals surface area contributed by atoms with Gasteiger partial charge in [0.15, 0.2) is 0 Å². The fourth-order valence-electron chi connectivity index (χ4n) is 1.62. The van der Waals surface area contributed by atoms with E-state index < -0.39 is 6.10 Å². The van der Waals surface area contributed by atoms with Crippen molar-refractivity contribution in [2.45, 2.75) is 32.9 Å². The van der Waals surface area contributed by atoms with Crippen LogP contribution in [0, 0.1) is 0 Å². The second-order valence-corrected chi connectivity index (χ2v) is 4.66. The third kappa shape index (κ3) is 5.25. The summed E-state index contributed by atoms with van der Waals surface area (Å²) < 4.78 is 0. The molecule has 1 unspecified atom stereocenters. The zero-order valence-corrected chi connectivity index (χ0v) is 11.1. The molecular formula is C13H21N3O2. The predicted octanol–water partition coefficient (Wildman–Crippen LogP) is 1.11. The van der Waals surface area contributed by atoms with Crippen LogP contribution in [0.15, 0.2) is 24.5 Å². The van der Waals surface area contributed by atoms with Gasteiger partial charge >= 0.3 is 0 Å². The average Bonchev–Trinajstić information content (AvgIpc) is 2.28. The van der Waals surface area contributed by atoms with Gasteiger partial charge in [-0.15, -0.1) is 0 Å². The van der Waals surface area contributed by atoms with E-state index in [0.717, 1.165) is 5.69 Å². The molecule has 1 aromatic rings. The maximum absolute atomic E-state index is 11.9. The summed E-state index contributed by atoms with van der Waals surface area (Å²) in [6.45, 7) is 6.48. The molecule has 0 aliphatic rings. The van der Waals surface area contributed by atoms with E-state index in [1.54, 1.807) is 31.5 Å². The number of aliphatic hydroxyl groups is 1. The van der Waals surface area contributed by atoms with Crippen molar-refractivity contribution in [3.63, 3.8) is 0 Å². The van der Waals surface area contributed by atoms with Crippen LogP contribution in [0.2, 0.25) is 0 Å². The van der Waals surface area contributed by atoms with Crippen LogP contribution in [0.3, 0.4) is 0 Å². The highest BCUT2D eigenvalue weighted by molar-refractivity contribution is 5.92. The summed E-state index contributed by atoms with van der Waals surface area (Å²) in [4.78, 5) is 17.7. The number of rotatable bonds is 6. The number of aromatic nitrogens is 1. The molecule has 2 N–H and O–H groups in total. The first-order valence-corrected chi connectivity index (χ1v) is 6.11. The third-order valence-electron chi connectivity index (χ3n) is 2.54. The number of hydrogen-bond donors (Lipinski definition) is 2. The number of nitrogens with one attached hydrogen (secondary N) is 1. The van der Waals surface area contributed by atoms with E-state index in [1.165, 1.54) is 0 Å². The largest absolute Gasteiger partial charge is 0.392 e. The number of carbonyl (C=O) groups is 1. The summed E-state index contributed by atoms with van der Waals surface area (Å²) in [5.41, 5.74) is 0.732. The van der Waals surface area contributed by atoms with Crippen molar-refractivity contribution >= 4 is 11.6 Å². The van der Waals surface area contributed by atoms with Crippen LogP contribution < -0.4 is 5.32 Å². The van der Waals surface area contributed by atoms with Crippen LogP contribution in [0.1, 0.15) is 20.8 Å². The van der Waals surface area contributed by atoms with Crippen LogP contribution in [0.25, 0.3) is 0 Å². The topological polar surface area (TPSA) is 65.5 Å². The molecule has 0 spiro atoms. The standard InChI is InChI=1S/C13H21N3O2/c1-10(2)16(8-11(3)17)9-13(18)15-12-4-6-14-7-5-12/h4-7,10-11,17H,8-9H2,1-3H3,(H,14,15,18). The molecule has 1 atom stereocenters. The molecule has 0 saturated carbocycles. The summed E-state index contributed by atoms with van der Waals surface area (Å²) in [5.74, 6) is -0.0875. The van der Waals surface area contributed by atoms with E-state index in [4.69, 9.17) is 0 Å². The molecule has 0 saturated heterocycles. The van der Waals surface area contributed by atoms with Gasteiger partial charge in [0, 0.05) is 30.7 Å². The molecule has 0 aliphatic heterocycles. The normalized spacial score (nSPS) is 12.8. The highest BCUT2D eigenvalue weighted by Crippen LogP contribution is 2.05. The smallest absolute Gasteiger partial charge is 0.238 e. The van der Waals surface area contributed by atoms with Gasteiger partial charge in [-0.05, 0) is 32.9 Å². The molecule has 1 amide bonds. The van der Waals surface area contributed by atoms with Crippen LogP contribution in [0.5, 0.6) is 0 Å². The molecule has 0 fully saturated rings. The number of anilines is 1. The third-order valence-corrected chi connectivity index (χ3v) is 2.54. The Bertz CT molecular complexity index is 366. The van der Waals surface area contributed by atoms with Gasteiger partial charge < -0.3 is 10.4 Å². The minimum absolute atomic E-state index is 0.0875. The van der Waals surface area contributed by atoms with Crippen molar-refractivity contribution in [3.05, 3.63) is 24.5 Å². The van der Waals surface area contributed by atoms with Gasteiger partial charge in [0.25, 0.3) is 0 Å². The monoisotopic (exact) mass is 251 g/mol. The summed E-state index contributed by atoms with van der Waals surface area (Å²) in [6, 6.07) is 3.70. The molecule has 5 heteroatoms. The van der Waals surface area contributed by atoms with E-state index >= 15 is 0 Å². The lowest BCUT2D eigenvalue weighted by molar-refractivity contribution is -0.118. The average molecular weight is 251 g/mol. The fourth-order valence-corrected chi connectivity index (χ4v) is 1.62. The molecular weight excluding hydrogens is 230 g/mol. The lowest BCUT2D eigenvalue weighted by Gasteiger charge is -2.26. The molecule has 5 nitrogen and oxygen atoms in total. The highest BCUT2D eigenvalue weighted by Gasteiger charge is 2.15. The Morgan fingerprint density at radius 3 is 2.50 bits per heavy atom. The number of pyridine rings is 1. The molecule has 0 aliphatic carbocycles. The number of carbonyl (C=O) groups excluding carboxylic acids is 1. The number of aliphatic hydroxyl groups excluding tert-OH is 1. The molecule has 1 aromatic heterocycles. The first-order chi connectivity index (χ1) is 8.49. The van der Waals surface area contributed by atoms with E-state index in [-0.39, 0.29) is 18.5 Å². The van der Waals surface area contributed by atoms with Crippen LogP contribution in [0.4, 0.5) is 5.69 Å². The molecule has 18 heavy (non-hydrogen) atoms. The van der Waals surface area contributed by atoms with Crippen LogP contribution >= 0.6 is 0 Å². The Labute approximate surface area is 108 Å². The zero-order chi connectivity index (χ0) is 13.5. The summed E-state index contributed by atoms with van der Waals surface area (Å²) >= 11 is 0. The lowest BCUT2D eigenvalue weighted by atomic mass is 10.2. The fraction of sp³-hybridized carbons (Fsp3) is 0.538. The zero-order valence-electron chi connectivity index (χ0n) is 11.1. The van der Waals surface area contributed by atoms with Crippen molar-refractivity contribution in [1.29, 1.82) is 0 Å². The first-order valence-electron chi connectivity index (χ1n) is 6.11. The SMILES string of the molecule is CC(O)CN(CC(=O)Nc1ccncc1)C(C)C. The molecule has 0 aromatic carbocycles. The van der Waals surface area contributed by atoms with Gasteiger partial charge in [-0.3, -0.25) is 14.7 Å². The Balaban J connectivity index is 2.51. The molecule has 100 valence electrons. The first kappa shape index (κ1) is 14.6. The number of hydrogen-bond acceptors (Lipinski definition) is 4. The van der Waals surface area contributed by atoms with Gasteiger partial charge in [0.2, 0.25) is 5.91 Å². The quantitative estimate of drug-likeness (QED) is 0.795. The summed E-state index contributed by atoms with van der Waals surface area (Å²) in [5, 5.41) is 12.2. The number of amides is 1.